The van der Waals surface area contributed by atoms with Gasteiger partial charge >= 0.3 is 0 Å². The zero-order valence-corrected chi connectivity index (χ0v) is 11.1. The third kappa shape index (κ3) is 3.30. The summed E-state index contributed by atoms with van der Waals surface area (Å²) < 4.78 is 1.74. The summed E-state index contributed by atoms with van der Waals surface area (Å²) in [6, 6.07) is 0. The molecule has 2 N–H and O–H groups in total. The van der Waals surface area contributed by atoms with Crippen molar-refractivity contribution in [3.05, 3.63) is 18.2 Å². The second kappa shape index (κ2) is 5.31. The van der Waals surface area contributed by atoms with Crippen LogP contribution in [-0.2, 0) is 7.05 Å². The topological polar surface area (TPSA) is 64.2 Å². The first-order valence-corrected chi connectivity index (χ1v) is 5.88. The maximum atomic E-state index is 12.3. The fraction of sp³-hybridized carbons (Fsp3) is 0.667. The van der Waals surface area contributed by atoms with E-state index in [2.05, 4.69) is 18.8 Å². The second-order valence-corrected chi connectivity index (χ2v) is 5.05. The molecule has 96 valence electrons. The Morgan fingerprint density at radius 1 is 1.59 bits per heavy atom. The van der Waals surface area contributed by atoms with Crippen LogP contribution in [0.1, 0.15) is 31.4 Å². The minimum atomic E-state index is -0.0726. The Bertz CT molecular complexity index is 384. The summed E-state index contributed by atoms with van der Waals surface area (Å²) in [6.45, 7) is 7.94. The highest BCUT2D eigenvalue weighted by molar-refractivity contribution is 5.90. The van der Waals surface area contributed by atoms with E-state index < -0.39 is 0 Å². The fourth-order valence-corrected chi connectivity index (χ4v) is 1.62. The van der Waals surface area contributed by atoms with Crippen LogP contribution in [0.4, 0.5) is 0 Å². The molecule has 1 heterocycles. The van der Waals surface area contributed by atoms with Crippen LogP contribution in [0.15, 0.2) is 12.4 Å². The van der Waals surface area contributed by atoms with Gasteiger partial charge in [0.05, 0.1) is 0 Å². The molecule has 0 atom stereocenters. The maximum absolute atomic E-state index is 12.3. The van der Waals surface area contributed by atoms with Gasteiger partial charge in [-0.15, -0.1) is 0 Å². The van der Waals surface area contributed by atoms with Gasteiger partial charge in [0.2, 0.25) is 0 Å². The number of nitrogens with zero attached hydrogens (tertiary/aromatic N) is 3. The van der Waals surface area contributed by atoms with Crippen LogP contribution in [0.25, 0.3) is 0 Å². The number of nitrogens with two attached hydrogens (primary N) is 1. The molecular formula is C12H22N4O. The average Bonchev–Trinajstić information content (AvgIpc) is 2.71. The number of hydrogen-bond donors (Lipinski definition) is 1. The molecular weight excluding hydrogens is 216 g/mol. The highest BCUT2D eigenvalue weighted by Crippen LogP contribution is 2.16. The lowest BCUT2D eigenvalue weighted by Gasteiger charge is -2.30. The van der Waals surface area contributed by atoms with Crippen molar-refractivity contribution in [2.75, 3.05) is 19.6 Å². The summed E-state index contributed by atoms with van der Waals surface area (Å²) >= 11 is 0. The van der Waals surface area contributed by atoms with Gasteiger partial charge in [0.15, 0.2) is 5.82 Å². The highest BCUT2D eigenvalue weighted by Gasteiger charge is 2.25. The zero-order chi connectivity index (χ0) is 13.1. The number of imidazole rings is 1. The Labute approximate surface area is 103 Å². The first kappa shape index (κ1) is 13.7. The van der Waals surface area contributed by atoms with Crippen molar-refractivity contribution in [3.63, 3.8) is 0 Å². The van der Waals surface area contributed by atoms with Gasteiger partial charge < -0.3 is 15.2 Å². The molecule has 0 spiro atoms. The normalized spacial score (nSPS) is 11.6. The zero-order valence-electron chi connectivity index (χ0n) is 11.1. The van der Waals surface area contributed by atoms with E-state index in [0.29, 0.717) is 25.5 Å². The molecule has 1 aromatic heterocycles. The van der Waals surface area contributed by atoms with Gasteiger partial charge in [0, 0.05) is 32.5 Å². The lowest BCUT2D eigenvalue weighted by molar-refractivity contribution is 0.0685. The summed E-state index contributed by atoms with van der Waals surface area (Å²) in [4.78, 5) is 18.1. The van der Waals surface area contributed by atoms with Gasteiger partial charge in [0.1, 0.15) is 0 Å². The molecule has 0 aromatic carbocycles. The Morgan fingerprint density at radius 3 is 2.65 bits per heavy atom. The number of aromatic nitrogens is 2. The van der Waals surface area contributed by atoms with Crippen molar-refractivity contribution in [2.24, 2.45) is 18.2 Å². The number of carbonyl (C=O) groups is 1. The standard InChI is InChI=1S/C12H22N4O/c1-5-16(9-12(2,3)8-13)11(17)10-14-6-7-15(10)4/h6-7H,5,8-9,13H2,1-4H3. The van der Waals surface area contributed by atoms with Crippen molar-refractivity contribution in [1.29, 1.82) is 0 Å². The number of carbonyl (C=O) groups excluding carboxylic acids is 1. The van der Waals surface area contributed by atoms with Gasteiger partial charge in [0.25, 0.3) is 5.91 Å². The van der Waals surface area contributed by atoms with Gasteiger partial charge in [-0.1, -0.05) is 13.8 Å². The molecule has 0 unspecified atom stereocenters. The Morgan fingerprint density at radius 2 is 2.24 bits per heavy atom. The third-order valence-electron chi connectivity index (χ3n) is 2.85. The largest absolute Gasteiger partial charge is 0.336 e. The van der Waals surface area contributed by atoms with Crippen molar-refractivity contribution >= 4 is 5.91 Å². The monoisotopic (exact) mass is 238 g/mol. The van der Waals surface area contributed by atoms with Crippen LogP contribution in [0, 0.1) is 5.41 Å². The van der Waals surface area contributed by atoms with Gasteiger partial charge in [-0.25, -0.2) is 4.98 Å². The van der Waals surface area contributed by atoms with Crippen LogP contribution in [0.2, 0.25) is 0 Å². The SMILES string of the molecule is CCN(CC(C)(C)CN)C(=O)c1nccn1C. The average molecular weight is 238 g/mol. The first-order valence-electron chi connectivity index (χ1n) is 5.88. The Kier molecular flexibility index (Phi) is 4.28. The molecule has 1 rings (SSSR count). The predicted molar refractivity (Wildman–Crippen MR) is 67.6 cm³/mol. The van der Waals surface area contributed by atoms with E-state index in [9.17, 15) is 4.79 Å². The molecule has 0 saturated carbocycles. The summed E-state index contributed by atoms with van der Waals surface area (Å²) in [6.07, 6.45) is 3.41. The van der Waals surface area contributed by atoms with Crippen LogP contribution >= 0.6 is 0 Å². The van der Waals surface area contributed by atoms with Crippen molar-refractivity contribution < 1.29 is 4.79 Å². The molecule has 5 nitrogen and oxygen atoms in total. The molecule has 0 aliphatic heterocycles. The molecule has 0 fully saturated rings. The predicted octanol–water partition coefficient (Wildman–Crippen LogP) is 0.867. The van der Waals surface area contributed by atoms with Gasteiger partial charge in [-0.05, 0) is 18.9 Å². The van der Waals surface area contributed by atoms with Gasteiger partial charge in [-0.3, -0.25) is 4.79 Å². The quantitative estimate of drug-likeness (QED) is 0.827. The molecule has 1 aromatic rings. The lowest BCUT2D eigenvalue weighted by Crippen LogP contribution is -2.42. The summed E-state index contributed by atoms with van der Waals surface area (Å²) in [7, 11) is 1.82. The lowest BCUT2D eigenvalue weighted by atomic mass is 9.93. The van der Waals surface area contributed by atoms with E-state index in [0.717, 1.165) is 0 Å². The number of rotatable bonds is 5. The van der Waals surface area contributed by atoms with E-state index in [4.69, 9.17) is 5.73 Å². The summed E-state index contributed by atoms with van der Waals surface area (Å²) in [5.41, 5.74) is 5.63. The van der Waals surface area contributed by atoms with Crippen molar-refractivity contribution in [3.8, 4) is 0 Å². The van der Waals surface area contributed by atoms with Crippen molar-refractivity contribution in [1.82, 2.24) is 14.5 Å². The number of aryl methyl sites for hydroxylation is 1. The van der Waals surface area contributed by atoms with E-state index >= 15 is 0 Å². The molecule has 0 radical (unpaired) electrons. The highest BCUT2D eigenvalue weighted by atomic mass is 16.2. The Balaban J connectivity index is 2.82. The molecule has 1 amide bonds. The molecule has 0 aliphatic carbocycles. The minimum absolute atomic E-state index is 0.0403. The maximum Gasteiger partial charge on any atom is 0.289 e. The van der Waals surface area contributed by atoms with Crippen LogP contribution in [-0.4, -0.2) is 40.0 Å². The van der Waals surface area contributed by atoms with Crippen LogP contribution in [0.3, 0.4) is 0 Å². The number of hydrogen-bond acceptors (Lipinski definition) is 3. The van der Waals surface area contributed by atoms with E-state index in [-0.39, 0.29) is 11.3 Å². The molecule has 0 aliphatic rings. The minimum Gasteiger partial charge on any atom is -0.336 e. The van der Waals surface area contributed by atoms with E-state index in [1.165, 1.54) is 0 Å². The van der Waals surface area contributed by atoms with Crippen molar-refractivity contribution in [2.45, 2.75) is 20.8 Å². The van der Waals surface area contributed by atoms with Crippen LogP contribution in [0.5, 0.6) is 0 Å². The third-order valence-corrected chi connectivity index (χ3v) is 2.85. The summed E-state index contributed by atoms with van der Waals surface area (Å²) in [5, 5.41) is 0. The van der Waals surface area contributed by atoms with E-state index in [1.54, 1.807) is 21.9 Å². The molecule has 0 saturated heterocycles. The van der Waals surface area contributed by atoms with E-state index in [1.807, 2.05) is 14.0 Å². The fourth-order valence-electron chi connectivity index (χ4n) is 1.62. The van der Waals surface area contributed by atoms with Crippen LogP contribution < -0.4 is 5.73 Å². The van der Waals surface area contributed by atoms with Gasteiger partial charge in [-0.2, -0.15) is 0 Å². The second-order valence-electron chi connectivity index (χ2n) is 5.05. The number of amides is 1. The first-order chi connectivity index (χ1) is 7.91. The molecule has 17 heavy (non-hydrogen) atoms. The smallest absolute Gasteiger partial charge is 0.289 e. The summed E-state index contributed by atoms with van der Waals surface area (Å²) in [5.74, 6) is 0.432. The Hall–Kier alpha value is -1.36. The molecule has 5 heteroatoms. The molecule has 0 bridgehead atoms.